The minimum Gasteiger partial charge on any atom is -0.469 e. The summed E-state index contributed by atoms with van der Waals surface area (Å²) >= 11 is 0. The summed E-state index contributed by atoms with van der Waals surface area (Å²) in [5, 5.41) is 5.00. The number of aryl methyl sites for hydroxylation is 1. The Labute approximate surface area is 179 Å². The summed E-state index contributed by atoms with van der Waals surface area (Å²) < 4.78 is 51.2. The third-order valence-corrected chi connectivity index (χ3v) is 4.73. The highest BCUT2D eigenvalue weighted by molar-refractivity contribution is 5.99. The minimum atomic E-state index is -4.53. The molecule has 0 atom stereocenters. The van der Waals surface area contributed by atoms with Gasteiger partial charge in [-0.3, -0.25) is 14.9 Å². The number of carbonyl (C=O) groups excluding carboxylic acids is 2. The van der Waals surface area contributed by atoms with Gasteiger partial charge in [0, 0.05) is 0 Å². The minimum absolute atomic E-state index is 0.0227. The van der Waals surface area contributed by atoms with Gasteiger partial charge in [0.15, 0.2) is 0 Å². The smallest absolute Gasteiger partial charge is 0.416 e. The summed E-state index contributed by atoms with van der Waals surface area (Å²) in [5.41, 5.74) is -0.127. The molecule has 0 bridgehead atoms. The summed E-state index contributed by atoms with van der Waals surface area (Å²) in [6, 6.07) is 7.97. The van der Waals surface area contributed by atoms with Crippen molar-refractivity contribution in [2.75, 3.05) is 11.9 Å². The van der Waals surface area contributed by atoms with E-state index in [0.717, 1.165) is 12.1 Å². The van der Waals surface area contributed by atoms with Crippen molar-refractivity contribution in [3.8, 4) is 0 Å². The number of nitrogens with one attached hydrogen (secondary N) is 2. The van der Waals surface area contributed by atoms with Crippen molar-refractivity contribution < 1.29 is 31.6 Å². The molecule has 32 heavy (non-hydrogen) atoms. The van der Waals surface area contributed by atoms with Crippen molar-refractivity contribution in [3.63, 3.8) is 0 Å². The van der Waals surface area contributed by atoms with Crippen LogP contribution < -0.4 is 10.6 Å². The van der Waals surface area contributed by atoms with Crippen molar-refractivity contribution in [1.29, 1.82) is 0 Å². The van der Waals surface area contributed by atoms with Crippen LogP contribution in [0.3, 0.4) is 0 Å². The van der Waals surface area contributed by atoms with Crippen LogP contribution in [0.25, 0.3) is 11.0 Å². The third-order valence-electron chi connectivity index (χ3n) is 4.73. The van der Waals surface area contributed by atoms with Gasteiger partial charge in [-0.25, -0.2) is 4.98 Å². The Kier molecular flexibility index (Phi) is 5.47. The Bertz CT molecular complexity index is 1270. The maximum atomic E-state index is 13.1. The highest BCUT2D eigenvalue weighted by Gasteiger charge is 2.31. The van der Waals surface area contributed by atoms with Crippen LogP contribution in [0, 0.1) is 6.92 Å². The van der Waals surface area contributed by atoms with E-state index in [2.05, 4.69) is 15.6 Å². The molecule has 0 radical (unpaired) electrons. The summed E-state index contributed by atoms with van der Waals surface area (Å²) in [5.74, 6) is -0.154. The van der Waals surface area contributed by atoms with Crippen LogP contribution in [0.1, 0.15) is 27.4 Å². The van der Waals surface area contributed by atoms with Crippen LogP contribution in [0.5, 0.6) is 0 Å². The molecule has 1 aromatic carbocycles. The quantitative estimate of drug-likeness (QED) is 0.467. The van der Waals surface area contributed by atoms with Crippen molar-refractivity contribution in [2.24, 2.45) is 0 Å². The van der Waals surface area contributed by atoms with Gasteiger partial charge in [0.05, 0.1) is 47.8 Å². The topological polar surface area (TPSA) is 102 Å². The molecule has 4 aromatic rings. The van der Waals surface area contributed by atoms with Gasteiger partial charge in [0.25, 0.3) is 5.91 Å². The van der Waals surface area contributed by atoms with Crippen molar-refractivity contribution >= 4 is 28.8 Å². The van der Waals surface area contributed by atoms with Crippen molar-refractivity contribution in [2.45, 2.75) is 19.6 Å². The number of alkyl halides is 3. The number of anilines is 1. The first-order valence-electron chi connectivity index (χ1n) is 9.44. The number of hydrogen-bond donors (Lipinski definition) is 2. The summed E-state index contributed by atoms with van der Waals surface area (Å²) in [6.45, 7) is 1.37. The fourth-order valence-electron chi connectivity index (χ4n) is 3.17. The molecule has 4 rings (SSSR count). The molecule has 0 spiro atoms. The SMILES string of the molecule is Cc1occc1C(=O)NCC(=O)Nc1nc2cc(C(F)(F)F)ccc2n1Cc1ccco1. The molecule has 2 amide bonds. The molecule has 0 fully saturated rings. The second-order valence-electron chi connectivity index (χ2n) is 6.92. The molecule has 3 heterocycles. The first-order chi connectivity index (χ1) is 15.2. The molecule has 3 aromatic heterocycles. The fraction of sp³-hybridized carbons (Fsp3) is 0.190. The number of imidazole rings is 1. The van der Waals surface area contributed by atoms with Crippen LogP contribution in [0.2, 0.25) is 0 Å². The van der Waals surface area contributed by atoms with Crippen LogP contribution in [0.4, 0.5) is 19.1 Å². The molecule has 0 saturated carbocycles. The van der Waals surface area contributed by atoms with Gasteiger partial charge in [-0.15, -0.1) is 0 Å². The molecule has 0 aliphatic heterocycles. The Morgan fingerprint density at radius 1 is 1.12 bits per heavy atom. The van der Waals surface area contributed by atoms with E-state index in [-0.39, 0.29) is 24.6 Å². The Balaban J connectivity index is 1.57. The number of fused-ring (bicyclic) bond motifs is 1. The van der Waals surface area contributed by atoms with Gasteiger partial charge in [-0.1, -0.05) is 0 Å². The van der Waals surface area contributed by atoms with E-state index in [1.807, 2.05) is 0 Å². The van der Waals surface area contributed by atoms with Crippen molar-refractivity contribution in [3.05, 3.63) is 71.6 Å². The number of aromatic nitrogens is 2. The number of benzene rings is 1. The molecule has 2 N–H and O–H groups in total. The van der Waals surface area contributed by atoms with E-state index >= 15 is 0 Å². The monoisotopic (exact) mass is 446 g/mol. The predicted molar refractivity (Wildman–Crippen MR) is 107 cm³/mol. The van der Waals surface area contributed by atoms with E-state index in [1.165, 1.54) is 29.2 Å². The van der Waals surface area contributed by atoms with Gasteiger partial charge < -0.3 is 18.7 Å². The number of nitrogens with zero attached hydrogens (tertiary/aromatic N) is 2. The maximum Gasteiger partial charge on any atom is 0.416 e. The van der Waals surface area contributed by atoms with Crippen LogP contribution >= 0.6 is 0 Å². The number of amides is 2. The second-order valence-corrected chi connectivity index (χ2v) is 6.92. The Morgan fingerprint density at radius 3 is 2.59 bits per heavy atom. The molecule has 0 aliphatic carbocycles. The number of rotatable bonds is 6. The normalized spacial score (nSPS) is 11.6. The largest absolute Gasteiger partial charge is 0.469 e. The van der Waals surface area contributed by atoms with Crippen LogP contribution in [0.15, 0.2) is 57.8 Å². The highest BCUT2D eigenvalue weighted by Crippen LogP contribution is 2.32. The number of halogens is 3. The lowest BCUT2D eigenvalue weighted by molar-refractivity contribution is -0.137. The second kappa shape index (κ2) is 8.25. The summed E-state index contributed by atoms with van der Waals surface area (Å²) in [6.07, 6.45) is -1.71. The average Bonchev–Trinajstić information content (AvgIpc) is 3.47. The van der Waals surface area contributed by atoms with Gasteiger partial charge in [-0.2, -0.15) is 13.2 Å². The van der Waals surface area contributed by atoms with Gasteiger partial charge in [0.2, 0.25) is 11.9 Å². The number of hydrogen-bond acceptors (Lipinski definition) is 5. The van der Waals surface area contributed by atoms with Crippen molar-refractivity contribution in [1.82, 2.24) is 14.9 Å². The lowest BCUT2D eigenvalue weighted by Crippen LogP contribution is -2.33. The van der Waals surface area contributed by atoms with Gasteiger partial charge >= 0.3 is 6.18 Å². The first-order valence-corrected chi connectivity index (χ1v) is 9.44. The van der Waals surface area contributed by atoms with Crippen LogP contribution in [-0.2, 0) is 17.5 Å². The predicted octanol–water partition coefficient (Wildman–Crippen LogP) is 3.97. The zero-order chi connectivity index (χ0) is 22.9. The number of carbonyl (C=O) groups is 2. The molecular weight excluding hydrogens is 429 g/mol. The summed E-state index contributed by atoms with van der Waals surface area (Å²) in [7, 11) is 0. The molecule has 166 valence electrons. The molecule has 11 heteroatoms. The molecule has 0 saturated heterocycles. The Morgan fingerprint density at radius 2 is 1.94 bits per heavy atom. The lowest BCUT2D eigenvalue weighted by atomic mass is 10.2. The lowest BCUT2D eigenvalue weighted by Gasteiger charge is -2.10. The zero-order valence-corrected chi connectivity index (χ0v) is 16.7. The molecular formula is C21H17F3N4O4. The van der Waals surface area contributed by atoms with E-state index in [4.69, 9.17) is 8.83 Å². The van der Waals surface area contributed by atoms with E-state index in [9.17, 15) is 22.8 Å². The third kappa shape index (κ3) is 4.36. The average molecular weight is 446 g/mol. The molecule has 8 nitrogen and oxygen atoms in total. The maximum absolute atomic E-state index is 13.1. The highest BCUT2D eigenvalue weighted by atomic mass is 19.4. The van der Waals surface area contributed by atoms with E-state index in [0.29, 0.717) is 22.6 Å². The Hall–Kier alpha value is -4.02. The van der Waals surface area contributed by atoms with Gasteiger partial charge in [-0.05, 0) is 43.3 Å². The molecule has 0 aliphatic rings. The number of furan rings is 2. The standard InChI is InChI=1S/C21H17F3N4O4/c1-12-15(6-8-31-12)19(30)25-10-18(29)27-20-26-16-9-13(21(22,23)24)4-5-17(16)28(20)11-14-3-2-7-32-14/h2-9H,10-11H2,1H3,(H,25,30)(H,26,27,29). The molecule has 0 unspecified atom stereocenters. The van der Waals surface area contributed by atoms with Crippen LogP contribution in [-0.4, -0.2) is 27.9 Å². The van der Waals surface area contributed by atoms with Gasteiger partial charge in [0.1, 0.15) is 11.5 Å². The summed E-state index contributed by atoms with van der Waals surface area (Å²) in [4.78, 5) is 28.7. The van der Waals surface area contributed by atoms with E-state index < -0.39 is 23.6 Å². The zero-order valence-electron chi connectivity index (χ0n) is 16.7. The first kappa shape index (κ1) is 21.2. The fourth-order valence-corrected chi connectivity index (χ4v) is 3.17. The van der Waals surface area contributed by atoms with E-state index in [1.54, 1.807) is 19.1 Å².